The highest BCUT2D eigenvalue weighted by atomic mass is 16.7. The van der Waals surface area contributed by atoms with E-state index < -0.39 is 22.8 Å². The van der Waals surface area contributed by atoms with Crippen LogP contribution in [0.4, 0.5) is 22.7 Å². The summed E-state index contributed by atoms with van der Waals surface area (Å²) in [5, 5.41) is 26.9. The van der Waals surface area contributed by atoms with E-state index in [9.17, 15) is 24.0 Å². The molecule has 16 nitrogen and oxygen atoms in total. The van der Waals surface area contributed by atoms with E-state index in [2.05, 4.69) is 91.4 Å². The zero-order valence-electron chi connectivity index (χ0n) is 42.8. The van der Waals surface area contributed by atoms with Gasteiger partial charge >= 0.3 is 11.9 Å². The largest absolute Gasteiger partial charge is 0.481 e. The molecule has 0 bridgehead atoms. The van der Waals surface area contributed by atoms with Crippen molar-refractivity contribution in [1.29, 1.82) is 0 Å². The number of hydrogen-bond donors (Lipinski definition) is 5. The molecule has 6 aliphatic rings. The van der Waals surface area contributed by atoms with E-state index in [1.165, 1.54) is 16.8 Å². The van der Waals surface area contributed by atoms with Crippen LogP contribution in [0, 0.1) is 10.8 Å². The molecule has 4 heterocycles. The lowest BCUT2D eigenvalue weighted by atomic mass is 9.84. The van der Waals surface area contributed by atoms with Gasteiger partial charge in [0.25, 0.3) is 0 Å². The summed E-state index contributed by atoms with van der Waals surface area (Å²) in [5.74, 6) is 1.28. The number of anilines is 4. The van der Waals surface area contributed by atoms with Gasteiger partial charge in [-0.05, 0) is 139 Å². The highest BCUT2D eigenvalue weighted by Crippen LogP contribution is 2.53. The molecule has 0 aromatic heterocycles. The lowest BCUT2D eigenvalue weighted by Gasteiger charge is -2.37. The fraction of sp³-hybridized carbons (Fsp3) is 0.482. The molecule has 2 saturated carbocycles. The molecule has 2 unspecified atom stereocenters. The van der Waals surface area contributed by atoms with Gasteiger partial charge in [-0.1, -0.05) is 53.7 Å². The van der Waals surface area contributed by atoms with Crippen LogP contribution in [0.3, 0.4) is 0 Å². The molecular weight excluding hydrogens is 921 g/mol. The van der Waals surface area contributed by atoms with Gasteiger partial charge in [0.05, 0.1) is 17.3 Å². The van der Waals surface area contributed by atoms with Gasteiger partial charge < -0.3 is 59.5 Å². The number of aliphatic carboxylic acids is 2. The number of carbonyl (C=O) groups is 5. The number of nitrogens with zero attached hydrogens (tertiary/aromatic N) is 1. The van der Waals surface area contributed by atoms with Crippen molar-refractivity contribution in [3.63, 3.8) is 0 Å². The van der Waals surface area contributed by atoms with Crippen LogP contribution < -0.4 is 39.8 Å². The van der Waals surface area contributed by atoms with E-state index in [0.717, 1.165) is 84.0 Å². The van der Waals surface area contributed by atoms with E-state index in [1.807, 2.05) is 48.5 Å². The molecule has 4 aromatic rings. The van der Waals surface area contributed by atoms with Gasteiger partial charge in [0.15, 0.2) is 23.0 Å². The van der Waals surface area contributed by atoms with Gasteiger partial charge in [-0.3, -0.25) is 19.2 Å². The number of ether oxygens (including phenoxy) is 5. The Kier molecular flexibility index (Phi) is 16.1. The van der Waals surface area contributed by atoms with Crippen LogP contribution in [0.2, 0.25) is 0 Å². The number of carboxylic acid groups (broad SMARTS) is 2. The number of methoxy groups -OCH3 is 1. The number of carbonyl (C=O) groups excluding carboxylic acids is 3. The zero-order valence-corrected chi connectivity index (χ0v) is 42.8. The number of rotatable bonds is 13. The minimum Gasteiger partial charge on any atom is -0.481 e. The van der Waals surface area contributed by atoms with E-state index in [1.54, 1.807) is 14.2 Å². The van der Waals surface area contributed by atoms with Gasteiger partial charge in [0, 0.05) is 68.4 Å². The summed E-state index contributed by atoms with van der Waals surface area (Å²) >= 11 is 0. The fourth-order valence-corrected chi connectivity index (χ4v) is 9.62. The van der Waals surface area contributed by atoms with Crippen molar-refractivity contribution in [3.05, 3.63) is 95.1 Å². The molecule has 0 spiro atoms. The zero-order chi connectivity index (χ0) is 52.0. The lowest BCUT2D eigenvalue weighted by Crippen LogP contribution is -2.42. The molecule has 4 aliphatic heterocycles. The summed E-state index contributed by atoms with van der Waals surface area (Å²) in [6.07, 6.45) is 6.64. The van der Waals surface area contributed by atoms with Gasteiger partial charge in [0.1, 0.15) is 6.29 Å². The Morgan fingerprint density at radius 3 is 1.64 bits per heavy atom. The predicted octanol–water partition coefficient (Wildman–Crippen LogP) is 9.51. The molecule has 2 atom stereocenters. The van der Waals surface area contributed by atoms with Crippen molar-refractivity contribution in [2.45, 2.75) is 129 Å². The molecule has 2 fully saturated rings. The Hall–Kier alpha value is -6.81. The fourth-order valence-electron chi connectivity index (χ4n) is 9.62. The number of fused-ring (bicyclic) bond motifs is 4. The first kappa shape index (κ1) is 53.0. The number of hydrogen-bond acceptors (Lipinski definition) is 12. The Morgan fingerprint density at radius 2 is 1.18 bits per heavy atom. The topological polar surface area (TPSA) is 211 Å². The Bertz CT molecular complexity index is 2640. The molecule has 72 heavy (non-hydrogen) atoms. The molecule has 0 radical (unpaired) electrons. The summed E-state index contributed by atoms with van der Waals surface area (Å²) in [6, 6.07) is 24.6. The summed E-state index contributed by atoms with van der Waals surface area (Å²) in [6.45, 7) is 14.6. The van der Waals surface area contributed by atoms with Gasteiger partial charge in [-0.15, -0.1) is 0 Å². The Morgan fingerprint density at radius 1 is 0.681 bits per heavy atom. The molecule has 2 amide bonds. The minimum absolute atomic E-state index is 0.00926. The molecule has 386 valence electrons. The number of benzene rings is 4. The highest BCUT2D eigenvalue weighted by Gasteiger charge is 2.53. The lowest BCUT2D eigenvalue weighted by molar-refractivity contribution is -0.138. The SMILES string of the molecule is CC(C)(C)C1Cc2cc(NC(=O)C3(c4ccc5c(c4)OCO5)CC3)ccc2N1.CC(C)(C)C1Cc2cc(NC(=O)C3(c4ccc5c(c4)OCO5)CC3)ccc2N1CCCC(=O)O.COC.O=CCCC(=O)O. The van der Waals surface area contributed by atoms with Crippen LogP contribution in [0.5, 0.6) is 23.0 Å². The third kappa shape index (κ3) is 12.3. The third-order valence-electron chi connectivity index (χ3n) is 14.1. The summed E-state index contributed by atoms with van der Waals surface area (Å²) in [5.41, 5.74) is 7.69. The predicted molar refractivity (Wildman–Crippen MR) is 275 cm³/mol. The van der Waals surface area contributed by atoms with Gasteiger partial charge in [-0.25, -0.2) is 0 Å². The third-order valence-corrected chi connectivity index (χ3v) is 14.1. The Labute approximate surface area is 422 Å². The van der Waals surface area contributed by atoms with Crippen molar-refractivity contribution in [2.75, 3.05) is 55.2 Å². The minimum atomic E-state index is -0.924. The van der Waals surface area contributed by atoms with Crippen molar-refractivity contribution in [2.24, 2.45) is 10.8 Å². The van der Waals surface area contributed by atoms with Gasteiger partial charge in [0.2, 0.25) is 25.4 Å². The first-order chi connectivity index (χ1) is 34.2. The molecule has 5 N–H and O–H groups in total. The van der Waals surface area contributed by atoms with E-state index in [0.29, 0.717) is 31.0 Å². The van der Waals surface area contributed by atoms with Crippen LogP contribution >= 0.6 is 0 Å². The first-order valence-corrected chi connectivity index (χ1v) is 24.7. The average molecular weight is 991 g/mol. The maximum Gasteiger partial charge on any atom is 0.303 e. The molecule has 16 heteroatoms. The van der Waals surface area contributed by atoms with Crippen molar-refractivity contribution in [1.82, 2.24) is 0 Å². The van der Waals surface area contributed by atoms with Crippen LogP contribution in [-0.4, -0.2) is 86.7 Å². The first-order valence-electron chi connectivity index (χ1n) is 24.7. The summed E-state index contributed by atoms with van der Waals surface area (Å²) in [7, 11) is 3.25. The van der Waals surface area contributed by atoms with Crippen LogP contribution in [0.1, 0.15) is 115 Å². The van der Waals surface area contributed by atoms with E-state index >= 15 is 0 Å². The van der Waals surface area contributed by atoms with Gasteiger partial charge in [-0.2, -0.15) is 0 Å². The highest BCUT2D eigenvalue weighted by molar-refractivity contribution is 6.02. The molecule has 2 aliphatic carbocycles. The Balaban J connectivity index is 0.000000180. The van der Waals surface area contributed by atoms with Crippen molar-refractivity contribution >= 4 is 52.8 Å². The molecule has 0 saturated heterocycles. The number of carboxylic acids is 2. The summed E-state index contributed by atoms with van der Waals surface area (Å²) in [4.78, 5) is 58.9. The quantitative estimate of drug-likeness (QED) is 0.0790. The van der Waals surface area contributed by atoms with E-state index in [4.69, 9.17) is 29.2 Å². The number of aldehydes is 1. The van der Waals surface area contributed by atoms with E-state index in [-0.39, 0.29) is 61.5 Å². The smallest absolute Gasteiger partial charge is 0.303 e. The van der Waals surface area contributed by atoms with Crippen molar-refractivity contribution in [3.8, 4) is 23.0 Å². The standard InChI is InChI=1S/C27H32N2O5.C23H26N2O3.C4H6O3.C2H6O/c1-26(2,3)23-14-17-13-19(7-8-20(17)29(23)12-4-5-24(30)31)28-25(32)27(10-11-27)18-6-9-21-22(15-18)34-16-33-21;1-22(2,3)20-11-14-10-16(5-6-17(14)25-20)24-21(26)23(8-9-23)15-4-7-18-19(12-15)28-13-27-18;5-3-1-2-4(6)7;1-3-2/h6-9,13,15,23H,4-5,10-12,14,16H2,1-3H3,(H,28,32)(H,30,31);4-7,10,12,20,25H,8-9,11,13H2,1-3H3,(H,24,26);3H,1-2H2,(H,6,7);1-2H3. The second-order valence-corrected chi connectivity index (χ2v) is 21.5. The maximum atomic E-state index is 13.3. The molecule has 4 aromatic carbocycles. The number of amides is 2. The average Bonchev–Trinajstić information content (AvgIpc) is 4.05. The summed E-state index contributed by atoms with van der Waals surface area (Å²) < 4.78 is 26.0. The van der Waals surface area contributed by atoms with Crippen LogP contribution in [0.25, 0.3) is 0 Å². The second kappa shape index (κ2) is 21.9. The molecular formula is C56H70N4O12. The number of nitrogens with one attached hydrogen (secondary N) is 3. The molecule has 10 rings (SSSR count). The maximum absolute atomic E-state index is 13.3. The second-order valence-electron chi connectivity index (χ2n) is 21.5. The van der Waals surface area contributed by atoms with Crippen LogP contribution in [-0.2, 0) is 52.4 Å². The normalized spacial score (nSPS) is 18.5. The monoisotopic (exact) mass is 990 g/mol. The van der Waals surface area contributed by atoms with Crippen molar-refractivity contribution < 1.29 is 57.9 Å². The van der Waals surface area contributed by atoms with Crippen LogP contribution in [0.15, 0.2) is 72.8 Å².